The molecule has 172 valence electrons. The van der Waals surface area contributed by atoms with Gasteiger partial charge in [-0.15, -0.1) is 0 Å². The molecule has 0 radical (unpaired) electrons. The van der Waals surface area contributed by atoms with Gasteiger partial charge in [-0.05, 0) is 42.4 Å². The Morgan fingerprint density at radius 3 is 2.81 bits per heavy atom. The van der Waals surface area contributed by atoms with Crippen molar-refractivity contribution in [1.82, 2.24) is 10.3 Å². The van der Waals surface area contributed by atoms with Crippen LogP contribution in [0.5, 0.6) is 5.75 Å². The molecule has 1 aliphatic carbocycles. The summed E-state index contributed by atoms with van der Waals surface area (Å²) in [5.41, 5.74) is 0.687. The van der Waals surface area contributed by atoms with Crippen LogP contribution in [-0.4, -0.2) is 50.0 Å². The van der Waals surface area contributed by atoms with Gasteiger partial charge in [0.05, 0.1) is 24.3 Å². The number of amides is 3. The molecule has 9 nitrogen and oxygen atoms in total. The molecule has 3 amide bonds. The SMILES string of the molecule is C[C@@H](CS(=O)(=O)CCc1cnc(N2CC(=O)NC2=O)o1)c1ccc(F)c(OCC2CC2)c1. The van der Waals surface area contributed by atoms with E-state index in [1.165, 1.54) is 12.3 Å². The van der Waals surface area contributed by atoms with Crippen molar-refractivity contribution in [1.29, 1.82) is 0 Å². The van der Waals surface area contributed by atoms with E-state index in [2.05, 4.69) is 10.3 Å². The largest absolute Gasteiger partial charge is 0.490 e. The molecule has 1 aromatic carbocycles. The van der Waals surface area contributed by atoms with E-state index in [9.17, 15) is 22.4 Å². The van der Waals surface area contributed by atoms with Crippen molar-refractivity contribution in [2.45, 2.75) is 32.1 Å². The summed E-state index contributed by atoms with van der Waals surface area (Å²) in [5, 5.41) is 2.11. The van der Waals surface area contributed by atoms with E-state index in [4.69, 9.17) is 9.15 Å². The molecule has 1 aliphatic heterocycles. The lowest BCUT2D eigenvalue weighted by Gasteiger charge is -2.14. The number of halogens is 1. The van der Waals surface area contributed by atoms with Crippen molar-refractivity contribution in [3.63, 3.8) is 0 Å². The number of imide groups is 1. The molecule has 0 unspecified atom stereocenters. The maximum Gasteiger partial charge on any atom is 0.332 e. The summed E-state index contributed by atoms with van der Waals surface area (Å²) in [6, 6.07) is 3.76. The van der Waals surface area contributed by atoms with Crippen LogP contribution in [0.15, 0.2) is 28.8 Å². The number of carbonyl (C=O) groups excluding carboxylic acids is 2. The van der Waals surface area contributed by atoms with Gasteiger partial charge in [-0.2, -0.15) is 0 Å². The molecular weight excluding hydrogens is 441 g/mol. The fourth-order valence-corrected chi connectivity index (χ4v) is 5.01. The van der Waals surface area contributed by atoms with Crippen LogP contribution in [0.2, 0.25) is 0 Å². The molecule has 0 bridgehead atoms. The molecule has 2 aromatic rings. The van der Waals surface area contributed by atoms with Crippen LogP contribution in [0, 0.1) is 11.7 Å². The van der Waals surface area contributed by atoms with E-state index in [1.807, 2.05) is 0 Å². The Hall–Kier alpha value is -2.95. The lowest BCUT2D eigenvalue weighted by atomic mass is 10.0. The zero-order chi connectivity index (χ0) is 22.9. The van der Waals surface area contributed by atoms with Gasteiger partial charge in [-0.1, -0.05) is 13.0 Å². The van der Waals surface area contributed by atoms with Gasteiger partial charge in [0.1, 0.15) is 12.3 Å². The van der Waals surface area contributed by atoms with Gasteiger partial charge in [-0.25, -0.2) is 27.5 Å². The highest BCUT2D eigenvalue weighted by Crippen LogP contribution is 2.31. The second-order valence-electron chi connectivity index (χ2n) is 8.26. The first-order valence-electron chi connectivity index (χ1n) is 10.4. The molecule has 1 saturated carbocycles. The number of benzene rings is 1. The summed E-state index contributed by atoms with van der Waals surface area (Å²) < 4.78 is 50.3. The highest BCUT2D eigenvalue weighted by atomic mass is 32.2. The molecule has 2 heterocycles. The van der Waals surface area contributed by atoms with Crippen molar-refractivity contribution < 1.29 is 31.6 Å². The van der Waals surface area contributed by atoms with Gasteiger partial charge >= 0.3 is 12.0 Å². The Labute approximate surface area is 184 Å². The minimum absolute atomic E-state index is 0.0563. The van der Waals surface area contributed by atoms with Crippen molar-refractivity contribution >= 4 is 27.8 Å². The van der Waals surface area contributed by atoms with E-state index in [0.717, 1.165) is 17.7 Å². The van der Waals surface area contributed by atoms with Crippen molar-refractivity contribution in [3.8, 4) is 5.75 Å². The molecule has 1 atom stereocenters. The number of nitrogens with zero attached hydrogens (tertiary/aromatic N) is 2. The molecular formula is C21H24FN3O6S. The van der Waals surface area contributed by atoms with Crippen LogP contribution in [0.4, 0.5) is 15.2 Å². The topological polar surface area (TPSA) is 119 Å². The zero-order valence-electron chi connectivity index (χ0n) is 17.5. The van der Waals surface area contributed by atoms with E-state index >= 15 is 0 Å². The van der Waals surface area contributed by atoms with E-state index in [0.29, 0.717) is 23.8 Å². The van der Waals surface area contributed by atoms with Gasteiger partial charge < -0.3 is 9.15 Å². The smallest absolute Gasteiger partial charge is 0.332 e. The van der Waals surface area contributed by atoms with Gasteiger partial charge in [0.2, 0.25) is 5.91 Å². The highest BCUT2D eigenvalue weighted by Gasteiger charge is 2.31. The second-order valence-corrected chi connectivity index (χ2v) is 10.5. The van der Waals surface area contributed by atoms with Crippen LogP contribution < -0.4 is 15.0 Å². The Bertz CT molecular complexity index is 1130. The number of oxazole rings is 1. The number of hydrogen-bond donors (Lipinski definition) is 1. The number of hydrogen-bond acceptors (Lipinski definition) is 7. The number of anilines is 1. The van der Waals surface area contributed by atoms with Crippen molar-refractivity contribution in [2.24, 2.45) is 5.92 Å². The molecule has 11 heteroatoms. The Balaban J connectivity index is 1.33. The van der Waals surface area contributed by atoms with Gasteiger partial charge in [0.25, 0.3) is 0 Å². The van der Waals surface area contributed by atoms with Gasteiger partial charge in [0.15, 0.2) is 21.4 Å². The predicted molar refractivity (Wildman–Crippen MR) is 113 cm³/mol. The number of aromatic nitrogens is 1. The van der Waals surface area contributed by atoms with Crippen LogP contribution in [0.3, 0.4) is 0 Å². The number of ether oxygens (including phenoxy) is 1. The van der Waals surface area contributed by atoms with Crippen molar-refractivity contribution in [2.75, 3.05) is 29.6 Å². The zero-order valence-corrected chi connectivity index (χ0v) is 18.4. The molecule has 4 rings (SSSR count). The first-order chi connectivity index (χ1) is 15.2. The summed E-state index contributed by atoms with van der Waals surface area (Å²) in [7, 11) is -3.46. The summed E-state index contributed by atoms with van der Waals surface area (Å²) >= 11 is 0. The number of nitrogens with one attached hydrogen (secondary N) is 1. The minimum atomic E-state index is -3.46. The molecule has 1 aromatic heterocycles. The normalized spacial score (nSPS) is 17.5. The maximum atomic E-state index is 14.0. The van der Waals surface area contributed by atoms with Crippen LogP contribution in [-0.2, 0) is 21.1 Å². The maximum absolute atomic E-state index is 14.0. The van der Waals surface area contributed by atoms with Crippen LogP contribution in [0.1, 0.15) is 37.0 Å². The molecule has 0 spiro atoms. The Kier molecular flexibility index (Phi) is 6.18. The number of sulfone groups is 1. The molecule has 1 saturated heterocycles. The van der Waals surface area contributed by atoms with Crippen LogP contribution >= 0.6 is 0 Å². The van der Waals surface area contributed by atoms with Gasteiger partial charge in [-0.3, -0.25) is 10.1 Å². The fourth-order valence-electron chi connectivity index (χ4n) is 3.38. The third-order valence-corrected chi connectivity index (χ3v) is 7.26. The summed E-state index contributed by atoms with van der Waals surface area (Å²) in [5.74, 6) is -0.653. The second kappa shape index (κ2) is 8.89. The number of urea groups is 1. The number of aryl methyl sites for hydroxylation is 1. The molecule has 1 N–H and O–H groups in total. The Morgan fingerprint density at radius 2 is 2.12 bits per heavy atom. The molecule has 2 aliphatic rings. The monoisotopic (exact) mass is 465 g/mol. The average molecular weight is 466 g/mol. The third-order valence-electron chi connectivity index (χ3n) is 5.42. The van der Waals surface area contributed by atoms with Crippen molar-refractivity contribution in [3.05, 3.63) is 41.5 Å². The average Bonchev–Trinajstić information content (AvgIpc) is 3.33. The van der Waals surface area contributed by atoms with Gasteiger partial charge in [0, 0.05) is 6.42 Å². The summed E-state index contributed by atoms with van der Waals surface area (Å²) in [4.78, 5) is 27.9. The third kappa shape index (κ3) is 5.45. The highest BCUT2D eigenvalue weighted by molar-refractivity contribution is 7.91. The van der Waals surface area contributed by atoms with E-state index < -0.39 is 27.6 Å². The summed E-state index contributed by atoms with van der Waals surface area (Å²) in [6.07, 6.45) is 3.59. The predicted octanol–water partition coefficient (Wildman–Crippen LogP) is 2.42. The Morgan fingerprint density at radius 1 is 1.34 bits per heavy atom. The number of rotatable bonds is 10. The lowest BCUT2D eigenvalue weighted by Crippen LogP contribution is -2.28. The summed E-state index contributed by atoms with van der Waals surface area (Å²) in [6.45, 7) is 2.04. The first-order valence-corrected chi connectivity index (χ1v) is 12.2. The number of carbonyl (C=O) groups is 2. The van der Waals surface area contributed by atoms with E-state index in [-0.39, 0.29) is 42.2 Å². The first kappa shape index (κ1) is 22.3. The van der Waals surface area contributed by atoms with Crippen LogP contribution in [0.25, 0.3) is 0 Å². The van der Waals surface area contributed by atoms with E-state index in [1.54, 1.807) is 19.1 Å². The fraction of sp³-hybridized carbons (Fsp3) is 0.476. The molecule has 2 fully saturated rings. The quantitative estimate of drug-likeness (QED) is 0.535. The standard InChI is InChI=1S/C21H24FN3O6S/c1-13(15-4-5-17(22)18(8-15)30-11-14-2-3-14)12-32(28,29)7-6-16-9-23-21(31-16)25-10-19(26)24-20(25)27/h4-5,8-9,13-14H,2-3,6-7,10-12H2,1H3,(H,24,26,27)/t13-/m0/s1. The minimum Gasteiger partial charge on any atom is -0.490 e. The lowest BCUT2D eigenvalue weighted by molar-refractivity contribution is -0.117. The molecule has 32 heavy (non-hydrogen) atoms.